The molecule has 0 aromatic carbocycles. The molecule has 0 N–H and O–H groups in total. The molecule has 2 heteroatoms. The van der Waals surface area contributed by atoms with Crippen molar-refractivity contribution in [2.45, 2.75) is 57.8 Å². The molecular weight excluding hydrogens is 200 g/mol. The van der Waals surface area contributed by atoms with Crippen LogP contribution in [0.2, 0.25) is 18.1 Å². The van der Waals surface area contributed by atoms with E-state index < -0.39 is 8.32 Å². The first-order valence-electron chi connectivity index (χ1n) is 6.16. The highest BCUT2D eigenvalue weighted by atomic mass is 28.4. The SMILES string of the molecule is CC(C)(C)[Si](C)(C)O[C@@H]1C[C@@H]2C=C[C@H]1C2. The lowest BCUT2D eigenvalue weighted by Crippen LogP contribution is -2.44. The lowest BCUT2D eigenvalue weighted by Gasteiger charge is -2.39. The summed E-state index contributed by atoms with van der Waals surface area (Å²) in [7, 11) is -1.54. The van der Waals surface area contributed by atoms with Gasteiger partial charge in [-0.25, -0.2) is 0 Å². The number of hydrogen-bond donors (Lipinski definition) is 0. The van der Waals surface area contributed by atoms with Gasteiger partial charge in [0.2, 0.25) is 0 Å². The topological polar surface area (TPSA) is 9.23 Å². The molecule has 86 valence electrons. The molecule has 3 atom stereocenters. The molecule has 0 saturated heterocycles. The van der Waals surface area contributed by atoms with Crippen molar-refractivity contribution < 1.29 is 4.43 Å². The number of allylic oxidation sites excluding steroid dienone is 1. The van der Waals surface area contributed by atoms with Crippen molar-refractivity contribution in [3.05, 3.63) is 12.2 Å². The summed E-state index contributed by atoms with van der Waals surface area (Å²) >= 11 is 0. The molecule has 0 unspecified atom stereocenters. The summed E-state index contributed by atoms with van der Waals surface area (Å²) in [5.74, 6) is 1.55. The normalized spacial score (nSPS) is 35.1. The van der Waals surface area contributed by atoms with Gasteiger partial charge in [0.1, 0.15) is 0 Å². The molecule has 2 bridgehead atoms. The highest BCUT2D eigenvalue weighted by Crippen LogP contribution is 2.45. The van der Waals surface area contributed by atoms with Gasteiger partial charge in [-0.3, -0.25) is 0 Å². The third kappa shape index (κ3) is 2.07. The Labute approximate surface area is 95.0 Å². The molecule has 15 heavy (non-hydrogen) atoms. The largest absolute Gasteiger partial charge is 0.413 e. The van der Waals surface area contributed by atoms with Gasteiger partial charge in [0.15, 0.2) is 8.32 Å². The lowest BCUT2D eigenvalue weighted by molar-refractivity contribution is 0.155. The number of fused-ring (bicyclic) bond motifs is 2. The highest BCUT2D eigenvalue weighted by Gasteiger charge is 2.44. The summed E-state index contributed by atoms with van der Waals surface area (Å²) in [4.78, 5) is 0. The van der Waals surface area contributed by atoms with E-state index in [9.17, 15) is 0 Å². The second kappa shape index (κ2) is 3.46. The summed E-state index contributed by atoms with van der Waals surface area (Å²) in [5.41, 5.74) is 0. The van der Waals surface area contributed by atoms with Crippen molar-refractivity contribution in [3.63, 3.8) is 0 Å². The van der Waals surface area contributed by atoms with E-state index in [2.05, 4.69) is 46.0 Å². The van der Waals surface area contributed by atoms with E-state index in [-0.39, 0.29) is 0 Å². The monoisotopic (exact) mass is 224 g/mol. The fraction of sp³-hybridized carbons (Fsp3) is 0.846. The third-order valence-corrected chi connectivity index (χ3v) is 8.97. The summed E-state index contributed by atoms with van der Waals surface area (Å²) in [6.45, 7) is 11.7. The van der Waals surface area contributed by atoms with Crippen LogP contribution in [0.1, 0.15) is 33.6 Å². The average molecular weight is 224 g/mol. The first kappa shape index (κ1) is 11.4. The van der Waals surface area contributed by atoms with Gasteiger partial charge in [-0.05, 0) is 36.9 Å². The van der Waals surface area contributed by atoms with Crippen LogP contribution in [0.5, 0.6) is 0 Å². The van der Waals surface area contributed by atoms with Crippen LogP contribution >= 0.6 is 0 Å². The molecule has 2 aliphatic rings. The number of rotatable bonds is 2. The maximum Gasteiger partial charge on any atom is 0.192 e. The highest BCUT2D eigenvalue weighted by molar-refractivity contribution is 6.74. The van der Waals surface area contributed by atoms with Crippen LogP contribution in [0.25, 0.3) is 0 Å². The quantitative estimate of drug-likeness (QED) is 0.509. The zero-order valence-electron chi connectivity index (χ0n) is 10.7. The molecule has 1 saturated carbocycles. The molecule has 1 fully saturated rings. The molecule has 0 aromatic rings. The summed E-state index contributed by atoms with van der Waals surface area (Å²) < 4.78 is 6.48. The summed E-state index contributed by atoms with van der Waals surface area (Å²) in [6, 6.07) is 0. The van der Waals surface area contributed by atoms with E-state index >= 15 is 0 Å². The van der Waals surface area contributed by atoms with Crippen LogP contribution in [-0.2, 0) is 4.43 Å². The van der Waals surface area contributed by atoms with Gasteiger partial charge in [-0.2, -0.15) is 0 Å². The van der Waals surface area contributed by atoms with Gasteiger partial charge >= 0.3 is 0 Å². The first-order valence-corrected chi connectivity index (χ1v) is 9.06. The molecule has 0 aromatic heterocycles. The molecule has 0 amide bonds. The van der Waals surface area contributed by atoms with Crippen LogP contribution in [-0.4, -0.2) is 14.4 Å². The molecule has 0 heterocycles. The Hall–Kier alpha value is -0.0831. The van der Waals surface area contributed by atoms with Crippen LogP contribution in [0, 0.1) is 11.8 Å². The molecule has 2 rings (SSSR count). The lowest BCUT2D eigenvalue weighted by atomic mass is 10.1. The van der Waals surface area contributed by atoms with Crippen molar-refractivity contribution in [2.75, 3.05) is 0 Å². The predicted molar refractivity (Wildman–Crippen MR) is 67.4 cm³/mol. The Kier molecular flexibility index (Phi) is 2.63. The standard InChI is InChI=1S/C13H24OSi/c1-13(2,3)15(4,5)14-12-9-10-6-7-11(12)8-10/h6-7,10-12H,8-9H2,1-5H3/t10-,11+,12-/m1/s1. The minimum atomic E-state index is -1.54. The average Bonchev–Trinajstić information content (AvgIpc) is 2.61. The minimum Gasteiger partial charge on any atom is -0.413 e. The fourth-order valence-electron chi connectivity index (χ4n) is 2.42. The number of hydrogen-bond acceptors (Lipinski definition) is 1. The molecule has 0 aliphatic heterocycles. The van der Waals surface area contributed by atoms with Crippen molar-refractivity contribution in [2.24, 2.45) is 11.8 Å². The molecular formula is C13H24OSi. The van der Waals surface area contributed by atoms with Crippen molar-refractivity contribution in [3.8, 4) is 0 Å². The maximum atomic E-state index is 6.48. The summed E-state index contributed by atoms with van der Waals surface area (Å²) in [5, 5.41) is 0.346. The van der Waals surface area contributed by atoms with Gasteiger partial charge in [-0.1, -0.05) is 32.9 Å². The van der Waals surface area contributed by atoms with E-state index in [1.165, 1.54) is 12.8 Å². The smallest absolute Gasteiger partial charge is 0.192 e. The Morgan fingerprint density at radius 2 is 1.80 bits per heavy atom. The Morgan fingerprint density at radius 1 is 1.13 bits per heavy atom. The van der Waals surface area contributed by atoms with Crippen LogP contribution < -0.4 is 0 Å². The van der Waals surface area contributed by atoms with E-state index in [1.54, 1.807) is 0 Å². The zero-order valence-corrected chi connectivity index (χ0v) is 11.7. The maximum absolute atomic E-state index is 6.48. The fourth-order valence-corrected chi connectivity index (χ4v) is 3.80. The van der Waals surface area contributed by atoms with Gasteiger partial charge in [-0.15, -0.1) is 0 Å². The summed E-state index contributed by atoms with van der Waals surface area (Å²) in [6.07, 6.45) is 7.91. The van der Waals surface area contributed by atoms with Gasteiger partial charge < -0.3 is 4.43 Å². The van der Waals surface area contributed by atoms with E-state index in [0.29, 0.717) is 11.1 Å². The Balaban J connectivity index is 2.01. The Bertz CT molecular complexity index is 275. The van der Waals surface area contributed by atoms with E-state index in [4.69, 9.17) is 4.43 Å². The predicted octanol–water partition coefficient (Wildman–Crippen LogP) is 3.97. The Morgan fingerprint density at radius 3 is 2.20 bits per heavy atom. The molecule has 0 spiro atoms. The van der Waals surface area contributed by atoms with E-state index in [1.807, 2.05) is 0 Å². The van der Waals surface area contributed by atoms with Gasteiger partial charge in [0, 0.05) is 5.92 Å². The molecule has 1 nitrogen and oxygen atoms in total. The minimum absolute atomic E-state index is 0.346. The second-order valence-electron chi connectivity index (χ2n) is 6.70. The van der Waals surface area contributed by atoms with Gasteiger partial charge in [0.25, 0.3) is 0 Å². The van der Waals surface area contributed by atoms with Crippen molar-refractivity contribution >= 4 is 8.32 Å². The molecule has 0 radical (unpaired) electrons. The van der Waals surface area contributed by atoms with Crippen LogP contribution in [0.3, 0.4) is 0 Å². The first-order chi connectivity index (χ1) is 6.79. The van der Waals surface area contributed by atoms with Crippen molar-refractivity contribution in [1.29, 1.82) is 0 Å². The molecule has 2 aliphatic carbocycles. The van der Waals surface area contributed by atoms with Gasteiger partial charge in [0.05, 0.1) is 6.10 Å². The van der Waals surface area contributed by atoms with E-state index in [0.717, 1.165) is 11.8 Å². The van der Waals surface area contributed by atoms with Crippen LogP contribution in [0.4, 0.5) is 0 Å². The van der Waals surface area contributed by atoms with Crippen molar-refractivity contribution in [1.82, 2.24) is 0 Å². The zero-order chi connectivity index (χ0) is 11.3. The third-order valence-electron chi connectivity index (χ3n) is 4.47. The second-order valence-corrected chi connectivity index (χ2v) is 11.5. The van der Waals surface area contributed by atoms with Crippen LogP contribution in [0.15, 0.2) is 12.2 Å².